The van der Waals surface area contributed by atoms with E-state index in [4.69, 9.17) is 0 Å². The Bertz CT molecular complexity index is 435. The van der Waals surface area contributed by atoms with Gasteiger partial charge in [0.2, 0.25) is 0 Å². The van der Waals surface area contributed by atoms with Crippen molar-refractivity contribution < 1.29 is 49.8 Å². The maximum Gasteiger partial charge on any atom is 0.394 e. The van der Waals surface area contributed by atoms with E-state index in [0.717, 1.165) is 0 Å². The third-order valence-corrected chi connectivity index (χ3v) is 2.81. The molecule has 11 heteroatoms. The molecule has 0 amide bonds. The molecule has 0 rings (SSSR count). The van der Waals surface area contributed by atoms with Crippen molar-refractivity contribution in [2.75, 3.05) is 13.2 Å². The van der Waals surface area contributed by atoms with Crippen LogP contribution in [0.2, 0.25) is 0 Å². The van der Waals surface area contributed by atoms with Gasteiger partial charge < -0.3 is 9.47 Å². The number of carbonyl (C=O) groups excluding carboxylic acids is 2. The fourth-order valence-electron chi connectivity index (χ4n) is 1.44. The number of carbonyl (C=O) groups is 2. The van der Waals surface area contributed by atoms with Crippen LogP contribution in [0.15, 0.2) is 0 Å². The van der Waals surface area contributed by atoms with Gasteiger partial charge in [0.25, 0.3) is 5.92 Å². The first kappa shape index (κ1) is 22.4. The number of alkyl halides is 7. The molecule has 0 fully saturated rings. The smallest absolute Gasteiger partial charge is 0.394 e. The number of hydrogen-bond acceptors (Lipinski definition) is 4. The minimum absolute atomic E-state index is 0.449. The molecule has 0 radical (unpaired) electrons. The monoisotopic (exact) mass is 370 g/mol. The maximum atomic E-state index is 13.2. The van der Waals surface area contributed by atoms with Crippen LogP contribution < -0.4 is 0 Å². The summed E-state index contributed by atoms with van der Waals surface area (Å²) < 4.78 is 96.4. The quantitative estimate of drug-likeness (QED) is 0.353. The van der Waals surface area contributed by atoms with Crippen LogP contribution in [0.1, 0.15) is 33.1 Å². The standard InChI is InChI=1S/C13H17F7O4/c1-3-8(2)9(21)23-4-5-24-10(22)12(16,17)6-11(14,15)7-13(18,19)20/h8H,3-7H2,1-2H3. The lowest BCUT2D eigenvalue weighted by molar-refractivity contribution is -0.214. The molecule has 24 heavy (non-hydrogen) atoms. The molecule has 142 valence electrons. The predicted molar refractivity (Wildman–Crippen MR) is 66.6 cm³/mol. The van der Waals surface area contributed by atoms with Crippen molar-refractivity contribution >= 4 is 11.9 Å². The third-order valence-electron chi connectivity index (χ3n) is 2.81. The molecule has 0 saturated carbocycles. The lowest BCUT2D eigenvalue weighted by Crippen LogP contribution is -2.40. The predicted octanol–water partition coefficient (Wildman–Crippen LogP) is 3.73. The summed E-state index contributed by atoms with van der Waals surface area (Å²) in [5.41, 5.74) is 0. The van der Waals surface area contributed by atoms with Crippen molar-refractivity contribution in [3.05, 3.63) is 0 Å². The summed E-state index contributed by atoms with van der Waals surface area (Å²) in [6.07, 6.45) is -10.3. The molecule has 1 unspecified atom stereocenters. The van der Waals surface area contributed by atoms with Crippen molar-refractivity contribution in [1.82, 2.24) is 0 Å². The Kier molecular flexibility index (Phi) is 7.97. The minimum Gasteiger partial charge on any atom is -0.462 e. The van der Waals surface area contributed by atoms with Gasteiger partial charge in [-0.25, -0.2) is 13.6 Å². The summed E-state index contributed by atoms with van der Waals surface area (Å²) in [4.78, 5) is 22.2. The van der Waals surface area contributed by atoms with Crippen LogP contribution in [-0.4, -0.2) is 43.2 Å². The highest BCUT2D eigenvalue weighted by molar-refractivity contribution is 5.77. The summed E-state index contributed by atoms with van der Waals surface area (Å²) >= 11 is 0. The SMILES string of the molecule is CCC(C)C(=O)OCCOC(=O)C(F)(F)CC(F)(F)CC(F)(F)F. The van der Waals surface area contributed by atoms with Gasteiger partial charge in [-0.05, 0) is 6.42 Å². The van der Waals surface area contributed by atoms with Gasteiger partial charge in [0.15, 0.2) is 0 Å². The Morgan fingerprint density at radius 1 is 0.917 bits per heavy atom. The van der Waals surface area contributed by atoms with E-state index in [1.807, 2.05) is 0 Å². The lowest BCUT2D eigenvalue weighted by Gasteiger charge is -2.22. The molecule has 0 N–H and O–H groups in total. The average Bonchev–Trinajstić information content (AvgIpc) is 2.37. The molecule has 1 atom stereocenters. The summed E-state index contributed by atoms with van der Waals surface area (Å²) in [5, 5.41) is 0. The van der Waals surface area contributed by atoms with Gasteiger partial charge in [0.05, 0.1) is 12.3 Å². The van der Waals surface area contributed by atoms with Crippen molar-refractivity contribution in [2.24, 2.45) is 5.92 Å². The zero-order valence-corrected chi connectivity index (χ0v) is 12.9. The van der Waals surface area contributed by atoms with E-state index in [-0.39, 0.29) is 0 Å². The highest BCUT2D eigenvalue weighted by Crippen LogP contribution is 2.39. The summed E-state index contributed by atoms with van der Waals surface area (Å²) in [5.74, 6) is -13.2. The molecule has 0 spiro atoms. The Hall–Kier alpha value is -1.55. The molecule has 0 aliphatic rings. The van der Waals surface area contributed by atoms with Crippen molar-refractivity contribution in [3.63, 3.8) is 0 Å². The van der Waals surface area contributed by atoms with Gasteiger partial charge >= 0.3 is 24.0 Å². The van der Waals surface area contributed by atoms with E-state index in [1.165, 1.54) is 6.92 Å². The van der Waals surface area contributed by atoms with Gasteiger partial charge in [-0.2, -0.15) is 22.0 Å². The number of esters is 2. The normalized spacial score (nSPS) is 14.2. The van der Waals surface area contributed by atoms with Gasteiger partial charge in [-0.3, -0.25) is 4.79 Å². The molecular formula is C13H17F7O4. The molecule has 0 saturated heterocycles. The third kappa shape index (κ3) is 8.92. The molecule has 0 bridgehead atoms. The Balaban J connectivity index is 4.40. The van der Waals surface area contributed by atoms with E-state index < -0.39 is 61.9 Å². The molecule has 4 nitrogen and oxygen atoms in total. The molecule has 0 aromatic rings. The molecule has 0 aromatic carbocycles. The largest absolute Gasteiger partial charge is 0.462 e. The number of ether oxygens (including phenoxy) is 2. The van der Waals surface area contributed by atoms with Crippen LogP contribution in [0.4, 0.5) is 30.7 Å². The second kappa shape index (κ2) is 8.52. The van der Waals surface area contributed by atoms with Crippen molar-refractivity contribution in [2.45, 2.75) is 51.1 Å². The summed E-state index contributed by atoms with van der Waals surface area (Å²) in [6.45, 7) is 1.81. The van der Waals surface area contributed by atoms with Crippen LogP contribution in [0, 0.1) is 5.92 Å². The Labute approximate surface area is 133 Å². The van der Waals surface area contributed by atoms with E-state index >= 15 is 0 Å². The second-order valence-electron chi connectivity index (χ2n) is 5.14. The second-order valence-corrected chi connectivity index (χ2v) is 5.14. The van der Waals surface area contributed by atoms with Gasteiger partial charge in [0, 0.05) is 0 Å². The topological polar surface area (TPSA) is 52.6 Å². The molecule has 0 aromatic heterocycles. The number of halogens is 7. The fourth-order valence-corrected chi connectivity index (χ4v) is 1.44. The van der Waals surface area contributed by atoms with E-state index in [0.29, 0.717) is 6.42 Å². The average molecular weight is 370 g/mol. The maximum absolute atomic E-state index is 13.2. The van der Waals surface area contributed by atoms with Crippen molar-refractivity contribution in [3.8, 4) is 0 Å². The minimum atomic E-state index is -5.37. The molecular weight excluding hydrogens is 353 g/mol. The number of rotatable bonds is 9. The summed E-state index contributed by atoms with van der Waals surface area (Å²) in [7, 11) is 0. The molecule has 0 aliphatic heterocycles. The Morgan fingerprint density at radius 3 is 1.88 bits per heavy atom. The highest BCUT2D eigenvalue weighted by atomic mass is 19.4. The van der Waals surface area contributed by atoms with Gasteiger partial charge in [-0.15, -0.1) is 0 Å². The van der Waals surface area contributed by atoms with E-state index in [2.05, 4.69) is 9.47 Å². The lowest BCUT2D eigenvalue weighted by atomic mass is 10.1. The van der Waals surface area contributed by atoms with Crippen LogP contribution in [0.25, 0.3) is 0 Å². The zero-order chi connectivity index (χ0) is 19.2. The van der Waals surface area contributed by atoms with Crippen LogP contribution >= 0.6 is 0 Å². The summed E-state index contributed by atoms with van der Waals surface area (Å²) in [6, 6.07) is 0. The highest BCUT2D eigenvalue weighted by Gasteiger charge is 2.54. The first-order valence-electron chi connectivity index (χ1n) is 6.86. The van der Waals surface area contributed by atoms with E-state index in [9.17, 15) is 40.3 Å². The Morgan fingerprint density at radius 2 is 1.42 bits per heavy atom. The first-order chi connectivity index (χ1) is 10.7. The van der Waals surface area contributed by atoms with Gasteiger partial charge in [-0.1, -0.05) is 13.8 Å². The zero-order valence-electron chi connectivity index (χ0n) is 12.9. The van der Waals surface area contributed by atoms with E-state index in [1.54, 1.807) is 6.92 Å². The number of hydrogen-bond donors (Lipinski definition) is 0. The molecule has 0 aliphatic carbocycles. The van der Waals surface area contributed by atoms with Crippen LogP contribution in [-0.2, 0) is 19.1 Å². The van der Waals surface area contributed by atoms with Gasteiger partial charge in [0.1, 0.15) is 19.6 Å². The molecule has 0 heterocycles. The van der Waals surface area contributed by atoms with Crippen molar-refractivity contribution in [1.29, 1.82) is 0 Å². The fraction of sp³-hybridized carbons (Fsp3) is 0.846. The van der Waals surface area contributed by atoms with Crippen LogP contribution in [0.3, 0.4) is 0 Å². The first-order valence-corrected chi connectivity index (χ1v) is 6.86. The van der Waals surface area contributed by atoms with Crippen LogP contribution in [0.5, 0.6) is 0 Å².